The SMILES string of the molecule is COC(=O)CC1(c2ccccc2)Oc2ccc(Cl)c(Br)c2O1.COC(=O)CC1(c2ccccc2)Oc2cccc(Br)c2O1.O=C(Cl)CC1(c2ccccc2)Oc2ccc(Cl)c(Br)c2O1.O=C(O)CC1(c2ccccc2)Oc2ccc(Cl)c(Br)c2O1.OCCC1(c2ccccc2)Oc2ccc(Cl)c(Br)c2O1.Oc1cccc(Br)c1O.[N-]=[N+]=NC(=O)CC1(c2ccccc2)Oc2ccc(Cl)c(Br)c2O1. The molecule has 13 aromatic rings. The van der Waals surface area contributed by atoms with E-state index >= 15 is 0 Å². The Morgan fingerprint density at radius 1 is 0.336 bits per heavy atom. The third kappa shape index (κ3) is 23.9. The summed E-state index contributed by atoms with van der Waals surface area (Å²) in [6.45, 7) is -0.0474. The molecule has 6 atom stereocenters. The molecular weight excluding hydrogens is 2360 g/mol. The summed E-state index contributed by atoms with van der Waals surface area (Å²) in [4.78, 5) is 60.7. The summed E-state index contributed by atoms with van der Waals surface area (Å²) in [6, 6.07) is 82.5. The molecule has 0 saturated carbocycles. The molecule has 39 heteroatoms. The number of aliphatic hydroxyl groups excluding tert-OH is 1. The molecule has 19 rings (SSSR count). The molecule has 0 aromatic heterocycles. The van der Waals surface area contributed by atoms with E-state index in [2.05, 4.69) is 122 Å². The fraction of sp³-hybridized carbons (Fsp3) is 0.153. The lowest BCUT2D eigenvalue weighted by Crippen LogP contribution is -2.38. The van der Waals surface area contributed by atoms with E-state index in [0.29, 0.717) is 144 Å². The third-order valence-electron chi connectivity index (χ3n) is 20.4. The van der Waals surface area contributed by atoms with Crippen molar-refractivity contribution >= 4 is 210 Å². The maximum Gasteiger partial charge on any atom is 0.313 e. The first kappa shape index (κ1) is 104. The predicted molar refractivity (Wildman–Crippen MR) is 535 cm³/mol. The van der Waals surface area contributed by atoms with E-state index < -0.39 is 63.8 Å². The topological polar surface area (TPSA) is 344 Å². The molecule has 1 amide bonds. The van der Waals surface area contributed by atoms with Crippen LogP contribution in [0.25, 0.3) is 10.4 Å². The van der Waals surface area contributed by atoms with Crippen molar-refractivity contribution in [2.24, 2.45) is 5.11 Å². The highest BCUT2D eigenvalue weighted by Gasteiger charge is 2.53. The van der Waals surface area contributed by atoms with Crippen LogP contribution in [0.3, 0.4) is 0 Å². The number of amides is 1. The second-order valence-corrected chi connectivity index (χ2v) is 37.5. The van der Waals surface area contributed by atoms with Crippen molar-refractivity contribution in [3.05, 3.63) is 379 Å². The molecule has 0 aliphatic carbocycles. The predicted octanol–water partition coefficient (Wildman–Crippen LogP) is 27.9. The van der Waals surface area contributed by atoms with E-state index in [1.54, 1.807) is 121 Å². The minimum absolute atomic E-state index is 0.0331. The van der Waals surface area contributed by atoms with Crippen LogP contribution < -0.4 is 56.8 Å². The highest BCUT2D eigenvalue weighted by atomic mass is 79.9. The van der Waals surface area contributed by atoms with Crippen molar-refractivity contribution in [1.29, 1.82) is 0 Å². The number of nitrogens with zero attached hydrogens (tertiary/aromatic N) is 3. The first-order valence-corrected chi connectivity index (χ1v) is 48.2. The van der Waals surface area contributed by atoms with Crippen molar-refractivity contribution in [3.8, 4) is 80.5 Å². The molecule has 0 bridgehead atoms. The number of hydrogen-bond acceptors (Lipinski definition) is 22. The summed E-state index contributed by atoms with van der Waals surface area (Å²) < 4.78 is 85.2. The molecule has 0 fully saturated rings. The van der Waals surface area contributed by atoms with Crippen molar-refractivity contribution < 1.29 is 111 Å². The average Bonchev–Trinajstić information content (AvgIpc) is 1.63. The lowest BCUT2D eigenvalue weighted by atomic mass is 10.0. The second-order valence-electron chi connectivity index (χ2n) is 29.4. The Labute approximate surface area is 871 Å². The number of hydrogen-bond donors (Lipinski definition) is 4. The lowest BCUT2D eigenvalue weighted by Gasteiger charge is -2.27. The highest BCUT2D eigenvalue weighted by molar-refractivity contribution is 9.11. The molecule has 6 aliphatic rings. The zero-order chi connectivity index (χ0) is 98.2. The fourth-order valence-corrected chi connectivity index (χ4v) is 17.9. The van der Waals surface area contributed by atoms with Crippen LogP contribution in [0.5, 0.6) is 80.5 Å². The molecule has 6 heterocycles. The van der Waals surface area contributed by atoms with Gasteiger partial charge in [-0.15, -0.1) is 0 Å². The van der Waals surface area contributed by atoms with Gasteiger partial charge in [0.05, 0.1) is 90.1 Å². The Bertz CT molecular complexity index is 6530. The number of aliphatic hydroxyl groups is 1. The van der Waals surface area contributed by atoms with Crippen molar-refractivity contribution in [2.75, 3.05) is 20.8 Å². The number of carbonyl (C=O) groups excluding carboxylic acids is 4. The molecule has 6 aliphatic heterocycles. The highest BCUT2D eigenvalue weighted by Crippen LogP contribution is 2.58. The van der Waals surface area contributed by atoms with Gasteiger partial charge in [-0.25, -0.2) is 0 Å². The van der Waals surface area contributed by atoms with Crippen molar-refractivity contribution in [1.82, 2.24) is 0 Å². The van der Waals surface area contributed by atoms with Gasteiger partial charge in [0.1, 0.15) is 25.7 Å². The first-order valence-electron chi connectivity index (χ1n) is 40.4. The quantitative estimate of drug-likeness (QED) is 0.0155. The van der Waals surface area contributed by atoms with Crippen LogP contribution in [-0.2, 0) is 68.2 Å². The first-order chi connectivity index (χ1) is 65.7. The van der Waals surface area contributed by atoms with Gasteiger partial charge in [0, 0.05) is 38.3 Å². The lowest BCUT2D eigenvalue weighted by molar-refractivity contribution is -0.158. The molecule has 6 unspecified atom stereocenters. The van der Waals surface area contributed by atoms with Gasteiger partial charge < -0.3 is 86.7 Å². The Hall–Kier alpha value is -10.8. The monoisotopic (exact) mass is 2420 g/mol. The van der Waals surface area contributed by atoms with E-state index in [1.807, 2.05) is 152 Å². The van der Waals surface area contributed by atoms with Crippen LogP contribution in [0.15, 0.2) is 315 Å². The number of ether oxygens (including phenoxy) is 14. The second kappa shape index (κ2) is 45.9. The van der Waals surface area contributed by atoms with Crippen LogP contribution >= 0.6 is 181 Å². The smallest absolute Gasteiger partial charge is 0.313 e. The van der Waals surface area contributed by atoms with Crippen molar-refractivity contribution in [2.45, 2.75) is 73.2 Å². The summed E-state index contributed by atoms with van der Waals surface area (Å²) >= 11 is 59.2. The van der Waals surface area contributed by atoms with Crippen LogP contribution in [0.4, 0.5) is 0 Å². The zero-order valence-corrected chi connectivity index (χ0v) is 86.4. The number of aromatic hydroxyl groups is 2. The zero-order valence-electron chi connectivity index (χ0n) is 70.8. The third-order valence-corrected chi connectivity index (χ3v) is 28.5. The number of methoxy groups -OCH3 is 2. The molecule has 0 saturated heterocycles. The standard InChI is InChI=1S/C16H12BrClO4.C16H13BrO4.C15H9BrCl2O3.C15H9BrClN3O3.C15H10BrClO4.C15H12BrClO3.C6H5BrO2/c1-20-13(19)9-16(10-5-3-2-4-6-10)21-12-8-7-11(18)14(17)15(12)22-16;1-19-14(18)10-16(11-6-3-2-4-7-11)20-13-9-5-8-12(17)15(13)21-16;16-13-10(17)6-7-11-14(13)21-15(20-11,8-12(18)19)9-4-2-1-3-5-9;16-13-10(17)6-7-11-14(13)23-15(22-11,8-12(21)19-20-18)9-4-2-1-3-5-9;16-13-10(17)6-7-11-14(13)21-15(20-11,8-12(18)19)9-4-2-1-3-5-9;16-13-11(17)6-7-12-14(13)20-15(19-12,8-9-18)10-4-2-1-3-5-10;7-4-2-1-3-5(8)6(4)9/h2-8H,9H2,1H3;2-9H,10H2,1H3;1-7H,8H2;1-7H,8H2;1-7H,8H2,(H,18,19);1-7,18H,8-9H2;1-3,8-9H. The van der Waals surface area contributed by atoms with E-state index in [1.165, 1.54) is 20.3 Å². The van der Waals surface area contributed by atoms with Gasteiger partial charge in [0.25, 0.3) is 34.7 Å². The van der Waals surface area contributed by atoms with E-state index in [-0.39, 0.29) is 50.2 Å². The molecule has 4 N–H and O–H groups in total. The molecule has 0 radical (unpaired) electrons. The number of benzene rings is 13. The summed E-state index contributed by atoms with van der Waals surface area (Å²) in [5.41, 5.74) is 12.8. The molecule has 137 heavy (non-hydrogen) atoms. The summed E-state index contributed by atoms with van der Waals surface area (Å²) in [5, 5.41) is 41.3. The van der Waals surface area contributed by atoms with Gasteiger partial charge >= 0.3 is 17.9 Å². The van der Waals surface area contributed by atoms with E-state index in [9.17, 15) is 34.2 Å². The number of carboxylic acid groups (broad SMARTS) is 1. The van der Waals surface area contributed by atoms with Gasteiger partial charge in [-0.3, -0.25) is 24.0 Å². The Morgan fingerprint density at radius 2 is 0.599 bits per heavy atom. The maximum absolute atomic E-state index is 11.9. The van der Waals surface area contributed by atoms with Crippen LogP contribution in [0.1, 0.15) is 71.9 Å². The molecular formula is C98H70Br7Cl6N3O23. The van der Waals surface area contributed by atoms with Gasteiger partial charge in [-0.2, -0.15) is 0 Å². The molecule has 0 spiro atoms. The van der Waals surface area contributed by atoms with Gasteiger partial charge in [0.15, 0.2) is 80.5 Å². The maximum atomic E-state index is 11.9. The summed E-state index contributed by atoms with van der Waals surface area (Å²) in [6.07, 6.45) is -0.483. The Kier molecular flexibility index (Phi) is 34.7. The number of phenols is 2. The average molecular weight is 2430 g/mol. The largest absolute Gasteiger partial charge is 0.504 e. The number of phenolic OH excluding ortho intramolecular Hbond substituents is 2. The Balaban J connectivity index is 0.000000136. The number of carboxylic acids is 1. The minimum atomic E-state index is -1.40. The van der Waals surface area contributed by atoms with E-state index in [0.717, 1.165) is 21.2 Å². The Morgan fingerprint density at radius 3 is 0.876 bits per heavy atom. The van der Waals surface area contributed by atoms with Crippen LogP contribution in [0, 0.1) is 0 Å². The normalized spacial score (nSPS) is 18.7. The number of esters is 2. The summed E-state index contributed by atoms with van der Waals surface area (Å²) in [5.74, 6) is -4.25. The number of azide groups is 1. The van der Waals surface area contributed by atoms with Gasteiger partial charge in [-0.05, 0) is 219 Å². The van der Waals surface area contributed by atoms with Crippen LogP contribution in [0.2, 0.25) is 25.1 Å². The fourth-order valence-electron chi connectivity index (χ4n) is 14.1. The van der Waals surface area contributed by atoms with Gasteiger partial charge in [-0.1, -0.05) is 252 Å². The number of halogens is 13. The number of rotatable bonds is 18. The molecule has 26 nitrogen and oxygen atoms in total. The minimum Gasteiger partial charge on any atom is -0.504 e. The number of aliphatic carboxylic acids is 1. The van der Waals surface area contributed by atoms with Gasteiger partial charge in [0.2, 0.25) is 11.1 Å². The number of para-hydroxylation sites is 2. The van der Waals surface area contributed by atoms with E-state index in [4.69, 9.17) is 152 Å². The van der Waals surface area contributed by atoms with Crippen molar-refractivity contribution in [3.63, 3.8) is 0 Å². The number of fused-ring (bicyclic) bond motifs is 6. The molecule has 13 aromatic carbocycles. The number of carbonyl (C=O) groups is 5. The van der Waals surface area contributed by atoms with Crippen LogP contribution in [-0.4, -0.2) is 70.3 Å². The summed E-state index contributed by atoms with van der Waals surface area (Å²) in [7, 11) is 2.68. The molecule has 706 valence electrons.